The van der Waals surface area contributed by atoms with Crippen molar-refractivity contribution >= 4 is 15.9 Å². The molecule has 0 aliphatic heterocycles. The van der Waals surface area contributed by atoms with Gasteiger partial charge in [-0.25, -0.2) is 8.78 Å². The van der Waals surface area contributed by atoms with E-state index in [0.29, 0.717) is 0 Å². The molecule has 20 heavy (non-hydrogen) atoms. The number of hydrogen-bond acceptors (Lipinski definition) is 2. The van der Waals surface area contributed by atoms with Crippen molar-refractivity contribution in [1.29, 1.82) is 0 Å². The summed E-state index contributed by atoms with van der Waals surface area (Å²) in [6.07, 6.45) is -1.01. The Hall–Kier alpha value is -1.53. The zero-order valence-corrected chi connectivity index (χ0v) is 11.9. The van der Waals surface area contributed by atoms with Crippen LogP contribution >= 0.6 is 15.9 Å². The van der Waals surface area contributed by atoms with Gasteiger partial charge in [0.2, 0.25) is 5.82 Å². The smallest absolute Gasteiger partial charge is 0.201 e. The van der Waals surface area contributed by atoms with Crippen molar-refractivity contribution in [3.63, 3.8) is 0 Å². The van der Waals surface area contributed by atoms with E-state index < -0.39 is 29.3 Å². The zero-order valence-electron chi connectivity index (χ0n) is 10.3. The third-order valence-electron chi connectivity index (χ3n) is 2.62. The SMILES string of the molecule is C[C@H](O)c1cccc(F)c1Oc1cc(Br)cc(F)c1F. The van der Waals surface area contributed by atoms with Crippen LogP contribution in [-0.4, -0.2) is 5.11 Å². The molecule has 0 unspecified atom stereocenters. The predicted molar refractivity (Wildman–Crippen MR) is 71.2 cm³/mol. The van der Waals surface area contributed by atoms with Gasteiger partial charge >= 0.3 is 0 Å². The monoisotopic (exact) mass is 346 g/mol. The van der Waals surface area contributed by atoms with E-state index in [1.54, 1.807) is 0 Å². The van der Waals surface area contributed by atoms with Gasteiger partial charge in [0.1, 0.15) is 0 Å². The van der Waals surface area contributed by atoms with Gasteiger partial charge in [0.05, 0.1) is 6.10 Å². The number of halogens is 4. The van der Waals surface area contributed by atoms with Gasteiger partial charge in [-0.15, -0.1) is 0 Å². The molecule has 0 aliphatic rings. The van der Waals surface area contributed by atoms with Crippen molar-refractivity contribution in [1.82, 2.24) is 0 Å². The van der Waals surface area contributed by atoms with Gasteiger partial charge in [-0.05, 0) is 25.1 Å². The van der Waals surface area contributed by atoms with Gasteiger partial charge in [-0.1, -0.05) is 28.1 Å². The Labute approximate surface area is 121 Å². The molecule has 0 aliphatic carbocycles. The Kier molecular flexibility index (Phi) is 4.35. The molecule has 0 aromatic heterocycles. The van der Waals surface area contributed by atoms with Crippen molar-refractivity contribution < 1.29 is 23.0 Å². The van der Waals surface area contributed by atoms with Crippen molar-refractivity contribution in [3.05, 3.63) is 57.8 Å². The lowest BCUT2D eigenvalue weighted by molar-refractivity contribution is 0.194. The van der Waals surface area contributed by atoms with Crippen molar-refractivity contribution in [2.75, 3.05) is 0 Å². The Morgan fingerprint density at radius 1 is 1.15 bits per heavy atom. The molecule has 2 nitrogen and oxygen atoms in total. The number of aliphatic hydroxyl groups excluding tert-OH is 1. The fourth-order valence-electron chi connectivity index (χ4n) is 1.68. The number of rotatable bonds is 3. The molecule has 0 amide bonds. The first kappa shape index (κ1) is 14.9. The summed E-state index contributed by atoms with van der Waals surface area (Å²) < 4.78 is 46.0. The van der Waals surface area contributed by atoms with Crippen LogP contribution < -0.4 is 4.74 Å². The van der Waals surface area contributed by atoms with Gasteiger partial charge < -0.3 is 9.84 Å². The molecular weight excluding hydrogens is 337 g/mol. The molecule has 106 valence electrons. The van der Waals surface area contributed by atoms with Crippen molar-refractivity contribution in [3.8, 4) is 11.5 Å². The minimum atomic E-state index is -1.23. The minimum Gasteiger partial charge on any atom is -0.451 e. The topological polar surface area (TPSA) is 29.5 Å². The van der Waals surface area contributed by atoms with E-state index in [2.05, 4.69) is 15.9 Å². The average Bonchev–Trinajstić information content (AvgIpc) is 2.37. The highest BCUT2D eigenvalue weighted by molar-refractivity contribution is 9.10. The molecule has 0 fully saturated rings. The van der Waals surface area contributed by atoms with Gasteiger partial charge in [-0.2, -0.15) is 4.39 Å². The second-order valence-corrected chi connectivity index (χ2v) is 5.05. The second kappa shape index (κ2) is 5.85. The molecule has 2 rings (SSSR count). The van der Waals surface area contributed by atoms with Crippen LogP contribution in [0.25, 0.3) is 0 Å². The Bertz CT molecular complexity index is 645. The van der Waals surface area contributed by atoms with E-state index in [1.165, 1.54) is 25.1 Å². The van der Waals surface area contributed by atoms with Crippen LogP contribution in [0.3, 0.4) is 0 Å². The fraction of sp³-hybridized carbons (Fsp3) is 0.143. The molecule has 0 bridgehead atoms. The van der Waals surface area contributed by atoms with Gasteiger partial charge in [-0.3, -0.25) is 0 Å². The average molecular weight is 347 g/mol. The quantitative estimate of drug-likeness (QED) is 0.815. The number of ether oxygens (including phenoxy) is 1. The summed E-state index contributed by atoms with van der Waals surface area (Å²) >= 11 is 3.00. The van der Waals surface area contributed by atoms with Crippen LogP contribution in [0.5, 0.6) is 11.5 Å². The number of hydrogen-bond donors (Lipinski definition) is 1. The summed E-state index contributed by atoms with van der Waals surface area (Å²) in [5, 5.41) is 9.56. The molecular formula is C14H10BrF3O2. The highest BCUT2D eigenvalue weighted by Gasteiger charge is 2.18. The summed E-state index contributed by atoms with van der Waals surface area (Å²) in [6.45, 7) is 1.42. The first-order chi connectivity index (χ1) is 9.40. The zero-order chi connectivity index (χ0) is 14.9. The van der Waals surface area contributed by atoms with E-state index in [9.17, 15) is 18.3 Å². The lowest BCUT2D eigenvalue weighted by Crippen LogP contribution is -2.00. The summed E-state index contributed by atoms with van der Waals surface area (Å²) in [5.41, 5.74) is 0.143. The summed E-state index contributed by atoms with van der Waals surface area (Å²) in [5.74, 6) is -3.93. The first-order valence-corrected chi connectivity index (χ1v) is 6.48. The third-order valence-corrected chi connectivity index (χ3v) is 3.08. The third kappa shape index (κ3) is 2.96. The van der Waals surface area contributed by atoms with E-state index >= 15 is 0 Å². The highest BCUT2D eigenvalue weighted by atomic mass is 79.9. The number of benzene rings is 2. The van der Waals surface area contributed by atoms with E-state index in [4.69, 9.17) is 4.74 Å². The summed E-state index contributed by atoms with van der Waals surface area (Å²) in [6, 6.07) is 6.04. The molecule has 1 N–H and O–H groups in total. The molecule has 2 aromatic rings. The molecule has 0 radical (unpaired) electrons. The first-order valence-electron chi connectivity index (χ1n) is 5.69. The second-order valence-electron chi connectivity index (χ2n) is 4.14. The summed E-state index contributed by atoms with van der Waals surface area (Å²) in [4.78, 5) is 0. The van der Waals surface area contributed by atoms with Gasteiger partial charge in [0.25, 0.3) is 0 Å². The number of aliphatic hydroxyl groups is 1. The predicted octanol–water partition coefficient (Wildman–Crippen LogP) is 4.71. The molecule has 0 saturated carbocycles. The molecule has 1 atom stereocenters. The van der Waals surface area contributed by atoms with E-state index in [1.807, 2.05) is 0 Å². The maximum Gasteiger partial charge on any atom is 0.201 e. The molecule has 0 spiro atoms. The largest absolute Gasteiger partial charge is 0.451 e. The van der Waals surface area contributed by atoms with Gasteiger partial charge in [0, 0.05) is 10.0 Å². The van der Waals surface area contributed by atoms with Crippen LogP contribution in [0.15, 0.2) is 34.8 Å². The normalized spacial score (nSPS) is 12.3. The Morgan fingerprint density at radius 2 is 1.85 bits per heavy atom. The lowest BCUT2D eigenvalue weighted by Gasteiger charge is -2.14. The molecule has 2 aromatic carbocycles. The van der Waals surface area contributed by atoms with Crippen LogP contribution in [-0.2, 0) is 0 Å². The maximum atomic E-state index is 13.8. The summed E-state index contributed by atoms with van der Waals surface area (Å²) in [7, 11) is 0. The van der Waals surface area contributed by atoms with Crippen LogP contribution in [0.1, 0.15) is 18.6 Å². The maximum absolute atomic E-state index is 13.8. The molecule has 0 saturated heterocycles. The Balaban J connectivity index is 2.50. The fourth-order valence-corrected chi connectivity index (χ4v) is 2.09. The van der Waals surface area contributed by atoms with Crippen LogP contribution in [0.4, 0.5) is 13.2 Å². The number of para-hydroxylation sites is 1. The van der Waals surface area contributed by atoms with Crippen LogP contribution in [0, 0.1) is 17.5 Å². The molecule has 0 heterocycles. The van der Waals surface area contributed by atoms with E-state index in [0.717, 1.165) is 12.1 Å². The Morgan fingerprint density at radius 3 is 2.50 bits per heavy atom. The molecule has 6 heteroatoms. The highest BCUT2D eigenvalue weighted by Crippen LogP contribution is 2.35. The lowest BCUT2D eigenvalue weighted by atomic mass is 10.1. The van der Waals surface area contributed by atoms with Crippen molar-refractivity contribution in [2.45, 2.75) is 13.0 Å². The van der Waals surface area contributed by atoms with Crippen molar-refractivity contribution in [2.24, 2.45) is 0 Å². The standard InChI is InChI=1S/C14H10BrF3O2/c1-7(19)9-3-2-4-10(16)14(9)20-12-6-8(15)5-11(17)13(12)18/h2-7,19H,1H3/t7-/m0/s1. The van der Waals surface area contributed by atoms with Crippen LogP contribution in [0.2, 0.25) is 0 Å². The minimum absolute atomic E-state index is 0.143. The van der Waals surface area contributed by atoms with E-state index in [-0.39, 0.29) is 15.8 Å². The van der Waals surface area contributed by atoms with Gasteiger partial charge in [0.15, 0.2) is 23.1 Å².